The molecule has 0 atom stereocenters. The first-order valence-corrected chi connectivity index (χ1v) is 10.9. The first-order valence-electron chi connectivity index (χ1n) is 10.9. The Balaban J connectivity index is 1.24. The Morgan fingerprint density at radius 2 is 1.34 bits per heavy atom. The summed E-state index contributed by atoms with van der Waals surface area (Å²) in [5.74, 6) is 0.801. The van der Waals surface area contributed by atoms with Crippen LogP contribution in [0, 0.1) is 5.92 Å². The number of benzene rings is 2. The van der Waals surface area contributed by atoms with Gasteiger partial charge in [-0.3, -0.25) is 4.79 Å². The summed E-state index contributed by atoms with van der Waals surface area (Å²) in [5, 5.41) is 6.19. The van der Waals surface area contributed by atoms with Crippen molar-refractivity contribution < 1.29 is 4.79 Å². The summed E-state index contributed by atoms with van der Waals surface area (Å²) < 4.78 is 0. The van der Waals surface area contributed by atoms with E-state index < -0.39 is 0 Å². The minimum Gasteiger partial charge on any atom is -0.376 e. The Kier molecular flexibility index (Phi) is 6.23. The molecule has 4 rings (SSSR count). The predicted molar refractivity (Wildman–Crippen MR) is 122 cm³/mol. The second kappa shape index (κ2) is 9.21. The van der Waals surface area contributed by atoms with E-state index in [0.29, 0.717) is 0 Å². The van der Waals surface area contributed by atoms with E-state index in [9.17, 15) is 4.79 Å². The van der Waals surface area contributed by atoms with E-state index in [4.69, 9.17) is 0 Å². The summed E-state index contributed by atoms with van der Waals surface area (Å²) in [6, 6.07) is 16.6. The summed E-state index contributed by atoms with van der Waals surface area (Å²) in [6.07, 6.45) is 5.06. The highest BCUT2D eigenvalue weighted by Gasteiger charge is 2.16. The minimum atomic E-state index is -0.0342. The molecule has 2 aliphatic rings. The van der Waals surface area contributed by atoms with Crippen molar-refractivity contribution in [1.82, 2.24) is 0 Å². The monoisotopic (exact) mass is 392 g/mol. The molecule has 1 amide bonds. The molecule has 2 aliphatic heterocycles. The zero-order chi connectivity index (χ0) is 20.1. The average Bonchev–Trinajstić information content (AvgIpc) is 3.29. The molecule has 2 aromatic carbocycles. The van der Waals surface area contributed by atoms with Crippen LogP contribution in [0.2, 0.25) is 0 Å². The number of amides is 1. The zero-order valence-corrected chi connectivity index (χ0v) is 17.4. The van der Waals surface area contributed by atoms with Gasteiger partial charge in [-0.05, 0) is 80.1 Å². The van der Waals surface area contributed by atoms with Crippen LogP contribution in [0.1, 0.15) is 32.6 Å². The first kappa shape index (κ1) is 19.6. The highest BCUT2D eigenvalue weighted by Crippen LogP contribution is 2.24. The van der Waals surface area contributed by atoms with Crippen LogP contribution in [0.25, 0.3) is 0 Å². The molecule has 2 N–H and O–H groups in total. The molecule has 2 heterocycles. The van der Waals surface area contributed by atoms with Crippen LogP contribution in [0.4, 0.5) is 22.7 Å². The summed E-state index contributed by atoms with van der Waals surface area (Å²) in [4.78, 5) is 17.1. The molecular formula is C24H32N4O. The van der Waals surface area contributed by atoms with Crippen molar-refractivity contribution in [3.8, 4) is 0 Å². The fraction of sp³-hybridized carbons (Fsp3) is 0.458. The van der Waals surface area contributed by atoms with Gasteiger partial charge < -0.3 is 20.4 Å². The number of hydrogen-bond acceptors (Lipinski definition) is 4. The smallest absolute Gasteiger partial charge is 0.243 e. The number of rotatable bonds is 6. The second-order valence-electron chi connectivity index (χ2n) is 8.36. The standard InChI is InChI=1S/C24H32N4O/c1-19-12-16-28(17-13-19)23-8-4-20(5-9-23)25-18-24(29)26-21-6-10-22(11-7-21)27-14-2-3-15-27/h4-11,19,25H,2-3,12-18H2,1H3,(H,26,29). The molecule has 2 saturated heterocycles. The molecule has 0 saturated carbocycles. The lowest BCUT2D eigenvalue weighted by Crippen LogP contribution is -2.32. The fourth-order valence-corrected chi connectivity index (χ4v) is 4.18. The van der Waals surface area contributed by atoms with Crippen LogP contribution in [0.5, 0.6) is 0 Å². The van der Waals surface area contributed by atoms with Gasteiger partial charge in [-0.2, -0.15) is 0 Å². The van der Waals surface area contributed by atoms with Gasteiger partial charge in [0.1, 0.15) is 0 Å². The molecule has 0 spiro atoms. The van der Waals surface area contributed by atoms with Crippen LogP contribution in [0.15, 0.2) is 48.5 Å². The van der Waals surface area contributed by atoms with Gasteiger partial charge in [0.2, 0.25) is 5.91 Å². The number of carbonyl (C=O) groups is 1. The van der Waals surface area contributed by atoms with Crippen molar-refractivity contribution in [2.75, 3.05) is 53.2 Å². The lowest BCUT2D eigenvalue weighted by Gasteiger charge is -2.32. The van der Waals surface area contributed by atoms with Gasteiger partial charge >= 0.3 is 0 Å². The van der Waals surface area contributed by atoms with Crippen molar-refractivity contribution in [1.29, 1.82) is 0 Å². The van der Waals surface area contributed by atoms with Crippen molar-refractivity contribution in [3.63, 3.8) is 0 Å². The number of nitrogens with one attached hydrogen (secondary N) is 2. The summed E-state index contributed by atoms with van der Waals surface area (Å²) >= 11 is 0. The zero-order valence-electron chi connectivity index (χ0n) is 17.4. The molecule has 5 heteroatoms. The van der Waals surface area contributed by atoms with Gasteiger partial charge in [-0.25, -0.2) is 0 Å². The minimum absolute atomic E-state index is 0.0342. The van der Waals surface area contributed by atoms with Crippen molar-refractivity contribution in [2.45, 2.75) is 32.6 Å². The quantitative estimate of drug-likeness (QED) is 0.756. The lowest BCUT2D eigenvalue weighted by molar-refractivity contribution is -0.114. The van der Waals surface area contributed by atoms with Gasteiger partial charge in [0.05, 0.1) is 6.54 Å². The SMILES string of the molecule is CC1CCN(c2ccc(NCC(=O)Nc3ccc(N4CCCC4)cc3)cc2)CC1. The van der Waals surface area contributed by atoms with Gasteiger partial charge in [0.15, 0.2) is 0 Å². The molecule has 0 radical (unpaired) electrons. The Bertz CT molecular complexity index is 789. The summed E-state index contributed by atoms with van der Waals surface area (Å²) in [6.45, 7) is 7.11. The highest BCUT2D eigenvalue weighted by molar-refractivity contribution is 5.93. The maximum absolute atomic E-state index is 12.3. The van der Waals surface area contributed by atoms with Crippen LogP contribution in [0.3, 0.4) is 0 Å². The molecule has 29 heavy (non-hydrogen) atoms. The molecule has 0 aliphatic carbocycles. The van der Waals surface area contributed by atoms with Gasteiger partial charge in [0.25, 0.3) is 0 Å². The normalized spacial score (nSPS) is 17.4. The second-order valence-corrected chi connectivity index (χ2v) is 8.36. The number of piperidine rings is 1. The summed E-state index contributed by atoms with van der Waals surface area (Å²) in [5.41, 5.74) is 4.32. The molecule has 154 valence electrons. The maximum atomic E-state index is 12.3. The van der Waals surface area contributed by atoms with Gasteiger partial charge in [-0.15, -0.1) is 0 Å². The van der Waals surface area contributed by atoms with Crippen molar-refractivity contribution in [3.05, 3.63) is 48.5 Å². The fourth-order valence-electron chi connectivity index (χ4n) is 4.18. The van der Waals surface area contributed by atoms with Crippen molar-refractivity contribution >= 4 is 28.7 Å². The predicted octanol–water partition coefficient (Wildman–Crippen LogP) is 4.57. The number of carbonyl (C=O) groups excluding carboxylic acids is 1. The summed E-state index contributed by atoms with van der Waals surface area (Å²) in [7, 11) is 0. The van der Waals surface area contributed by atoms with Crippen LogP contribution < -0.4 is 20.4 Å². The molecule has 0 unspecified atom stereocenters. The lowest BCUT2D eigenvalue weighted by atomic mass is 9.99. The molecule has 0 aromatic heterocycles. The average molecular weight is 393 g/mol. The maximum Gasteiger partial charge on any atom is 0.243 e. The van der Waals surface area contributed by atoms with Crippen LogP contribution >= 0.6 is 0 Å². The highest BCUT2D eigenvalue weighted by atomic mass is 16.1. The largest absolute Gasteiger partial charge is 0.376 e. The Labute approximate surface area is 174 Å². The molecular weight excluding hydrogens is 360 g/mol. The van der Waals surface area contributed by atoms with Crippen LogP contribution in [-0.2, 0) is 4.79 Å². The van der Waals surface area contributed by atoms with E-state index in [1.807, 2.05) is 12.1 Å². The molecule has 5 nitrogen and oxygen atoms in total. The van der Waals surface area contributed by atoms with E-state index in [2.05, 4.69) is 63.8 Å². The van der Waals surface area contributed by atoms with Crippen LogP contribution in [-0.4, -0.2) is 38.6 Å². The Morgan fingerprint density at radius 3 is 1.93 bits per heavy atom. The third kappa shape index (κ3) is 5.22. The number of anilines is 4. The Hall–Kier alpha value is -2.69. The van der Waals surface area contributed by atoms with Gasteiger partial charge in [0, 0.05) is 48.9 Å². The molecule has 2 aromatic rings. The number of hydrogen-bond donors (Lipinski definition) is 2. The van der Waals surface area contributed by atoms with E-state index in [1.165, 1.54) is 37.1 Å². The van der Waals surface area contributed by atoms with E-state index in [0.717, 1.165) is 43.5 Å². The topological polar surface area (TPSA) is 47.6 Å². The first-order chi connectivity index (χ1) is 14.2. The third-order valence-corrected chi connectivity index (χ3v) is 6.09. The Morgan fingerprint density at radius 1 is 0.828 bits per heavy atom. The number of nitrogens with zero attached hydrogens (tertiary/aromatic N) is 2. The third-order valence-electron chi connectivity index (χ3n) is 6.09. The van der Waals surface area contributed by atoms with Crippen molar-refractivity contribution in [2.24, 2.45) is 5.92 Å². The van der Waals surface area contributed by atoms with E-state index >= 15 is 0 Å². The van der Waals surface area contributed by atoms with Gasteiger partial charge in [-0.1, -0.05) is 6.92 Å². The molecule has 2 fully saturated rings. The van der Waals surface area contributed by atoms with E-state index in [-0.39, 0.29) is 12.5 Å². The van der Waals surface area contributed by atoms with E-state index in [1.54, 1.807) is 0 Å². The molecule has 0 bridgehead atoms.